The van der Waals surface area contributed by atoms with Crippen LogP contribution in [0.25, 0.3) is 0 Å². The molecule has 4 nitrogen and oxygen atoms in total. The van der Waals surface area contributed by atoms with Gasteiger partial charge in [0.15, 0.2) is 5.96 Å². The summed E-state index contributed by atoms with van der Waals surface area (Å²) in [5.74, 6) is 0.894. The summed E-state index contributed by atoms with van der Waals surface area (Å²) in [5.41, 5.74) is 1.85. The summed E-state index contributed by atoms with van der Waals surface area (Å²) in [6.45, 7) is 2.66. The van der Waals surface area contributed by atoms with Crippen molar-refractivity contribution in [3.05, 3.63) is 35.9 Å². The summed E-state index contributed by atoms with van der Waals surface area (Å²) >= 11 is 0. The fraction of sp³-hybridized carbons (Fsp3) is 0.588. The molecule has 0 amide bonds. The molecule has 1 aliphatic carbocycles. The Kier molecular flexibility index (Phi) is 8.78. The van der Waals surface area contributed by atoms with E-state index in [1.54, 1.807) is 7.11 Å². The molecule has 5 heteroatoms. The SMILES string of the molecule is CN=C(NCCCOC)NCC1(Cc2ccccc2)CC1.I. The number of nitrogens with one attached hydrogen (secondary N) is 2. The van der Waals surface area contributed by atoms with Crippen LogP contribution in [0.15, 0.2) is 35.3 Å². The Labute approximate surface area is 151 Å². The van der Waals surface area contributed by atoms with Crippen LogP contribution in [0.4, 0.5) is 0 Å². The molecule has 22 heavy (non-hydrogen) atoms. The predicted molar refractivity (Wildman–Crippen MR) is 103 cm³/mol. The Morgan fingerprint density at radius 2 is 1.95 bits per heavy atom. The van der Waals surface area contributed by atoms with E-state index in [0.29, 0.717) is 5.41 Å². The number of methoxy groups -OCH3 is 1. The molecule has 0 radical (unpaired) electrons. The van der Waals surface area contributed by atoms with Gasteiger partial charge >= 0.3 is 0 Å². The second kappa shape index (κ2) is 10.0. The van der Waals surface area contributed by atoms with Gasteiger partial charge in [-0.05, 0) is 36.7 Å². The van der Waals surface area contributed by atoms with E-state index >= 15 is 0 Å². The molecule has 1 aliphatic rings. The number of guanidine groups is 1. The molecule has 0 unspecified atom stereocenters. The highest BCUT2D eigenvalue weighted by atomic mass is 127. The van der Waals surface area contributed by atoms with Crippen molar-refractivity contribution in [2.45, 2.75) is 25.7 Å². The maximum Gasteiger partial charge on any atom is 0.190 e. The molecule has 1 aromatic rings. The van der Waals surface area contributed by atoms with Crippen LogP contribution in [0.1, 0.15) is 24.8 Å². The lowest BCUT2D eigenvalue weighted by Crippen LogP contribution is -2.41. The standard InChI is InChI=1S/C17H27N3O.HI/c1-18-16(19-11-6-12-21-2)20-14-17(9-10-17)13-15-7-4-3-5-8-15;/h3-5,7-8H,6,9-14H2,1-2H3,(H2,18,19,20);1H. The summed E-state index contributed by atoms with van der Waals surface area (Å²) in [6.07, 6.45) is 4.75. The number of halogens is 1. The molecular weight excluding hydrogens is 389 g/mol. The van der Waals surface area contributed by atoms with Crippen molar-refractivity contribution in [3.8, 4) is 0 Å². The second-order valence-electron chi connectivity index (χ2n) is 5.86. The highest BCUT2D eigenvalue weighted by Gasteiger charge is 2.42. The molecule has 1 aromatic carbocycles. The minimum atomic E-state index is 0. The van der Waals surface area contributed by atoms with Gasteiger partial charge in [0, 0.05) is 33.9 Å². The third kappa shape index (κ3) is 6.52. The van der Waals surface area contributed by atoms with Crippen LogP contribution in [0.3, 0.4) is 0 Å². The van der Waals surface area contributed by atoms with Gasteiger partial charge in [-0.3, -0.25) is 4.99 Å². The van der Waals surface area contributed by atoms with Crippen LogP contribution < -0.4 is 10.6 Å². The van der Waals surface area contributed by atoms with Gasteiger partial charge < -0.3 is 15.4 Å². The normalized spacial score (nSPS) is 15.8. The van der Waals surface area contributed by atoms with E-state index in [-0.39, 0.29) is 24.0 Å². The fourth-order valence-corrected chi connectivity index (χ4v) is 2.54. The Morgan fingerprint density at radius 1 is 1.23 bits per heavy atom. The monoisotopic (exact) mass is 417 g/mol. The maximum atomic E-state index is 5.05. The third-order valence-corrected chi connectivity index (χ3v) is 4.05. The summed E-state index contributed by atoms with van der Waals surface area (Å²) in [7, 11) is 3.55. The maximum absolute atomic E-state index is 5.05. The first-order valence-corrected chi connectivity index (χ1v) is 7.75. The first-order chi connectivity index (χ1) is 10.3. The number of hydrogen-bond acceptors (Lipinski definition) is 2. The zero-order valence-corrected chi connectivity index (χ0v) is 15.9. The molecule has 1 saturated carbocycles. The minimum Gasteiger partial charge on any atom is -0.385 e. The first kappa shape index (κ1) is 19.2. The lowest BCUT2D eigenvalue weighted by molar-refractivity contribution is 0.195. The summed E-state index contributed by atoms with van der Waals surface area (Å²) in [6, 6.07) is 10.8. The molecule has 124 valence electrons. The van der Waals surface area contributed by atoms with Gasteiger partial charge in [0.25, 0.3) is 0 Å². The quantitative estimate of drug-likeness (QED) is 0.296. The van der Waals surface area contributed by atoms with Crippen LogP contribution in [0, 0.1) is 5.41 Å². The van der Waals surface area contributed by atoms with E-state index in [0.717, 1.165) is 38.5 Å². The molecule has 0 saturated heterocycles. The summed E-state index contributed by atoms with van der Waals surface area (Å²) in [5, 5.41) is 6.79. The number of nitrogens with zero attached hydrogens (tertiary/aromatic N) is 1. The highest BCUT2D eigenvalue weighted by molar-refractivity contribution is 14.0. The van der Waals surface area contributed by atoms with Gasteiger partial charge in [-0.2, -0.15) is 0 Å². The van der Waals surface area contributed by atoms with Gasteiger partial charge in [-0.1, -0.05) is 30.3 Å². The topological polar surface area (TPSA) is 45.7 Å². The molecule has 1 fully saturated rings. The molecule has 0 aromatic heterocycles. The molecule has 2 N–H and O–H groups in total. The molecule has 2 rings (SSSR count). The van der Waals surface area contributed by atoms with E-state index in [1.165, 1.54) is 18.4 Å². The van der Waals surface area contributed by atoms with E-state index in [2.05, 4.69) is 46.0 Å². The van der Waals surface area contributed by atoms with E-state index in [4.69, 9.17) is 4.74 Å². The average Bonchev–Trinajstić information content (AvgIpc) is 3.27. The van der Waals surface area contributed by atoms with Crippen LogP contribution in [0.2, 0.25) is 0 Å². The largest absolute Gasteiger partial charge is 0.385 e. The highest BCUT2D eigenvalue weighted by Crippen LogP contribution is 2.47. The fourth-order valence-electron chi connectivity index (χ4n) is 2.54. The van der Waals surface area contributed by atoms with Crippen molar-refractivity contribution in [3.63, 3.8) is 0 Å². The van der Waals surface area contributed by atoms with Crippen LogP contribution in [-0.2, 0) is 11.2 Å². The average molecular weight is 417 g/mol. The molecule has 0 spiro atoms. The van der Waals surface area contributed by atoms with Crippen LogP contribution in [-0.4, -0.2) is 39.8 Å². The van der Waals surface area contributed by atoms with Gasteiger partial charge in [0.1, 0.15) is 0 Å². The Hall–Kier alpha value is -0.820. The number of rotatable bonds is 8. The predicted octanol–water partition coefficient (Wildman–Crippen LogP) is 2.83. The number of benzene rings is 1. The first-order valence-electron chi connectivity index (χ1n) is 7.75. The van der Waals surface area contributed by atoms with E-state index in [9.17, 15) is 0 Å². The third-order valence-electron chi connectivity index (χ3n) is 4.05. The summed E-state index contributed by atoms with van der Waals surface area (Å²) < 4.78 is 5.05. The number of hydrogen-bond donors (Lipinski definition) is 2. The van der Waals surface area contributed by atoms with Crippen LogP contribution in [0.5, 0.6) is 0 Å². The van der Waals surface area contributed by atoms with Crippen molar-refractivity contribution in [2.24, 2.45) is 10.4 Å². The molecule has 0 aliphatic heterocycles. The van der Waals surface area contributed by atoms with Crippen molar-refractivity contribution in [1.29, 1.82) is 0 Å². The summed E-state index contributed by atoms with van der Waals surface area (Å²) in [4.78, 5) is 4.28. The molecule has 0 bridgehead atoms. The Balaban J connectivity index is 0.00000242. The van der Waals surface area contributed by atoms with Gasteiger partial charge in [0.05, 0.1) is 0 Å². The second-order valence-corrected chi connectivity index (χ2v) is 5.86. The van der Waals surface area contributed by atoms with E-state index in [1.807, 2.05) is 7.05 Å². The van der Waals surface area contributed by atoms with Crippen molar-refractivity contribution < 1.29 is 4.74 Å². The minimum absolute atomic E-state index is 0. The molecule has 0 atom stereocenters. The number of ether oxygens (including phenoxy) is 1. The Morgan fingerprint density at radius 3 is 2.55 bits per heavy atom. The van der Waals surface area contributed by atoms with Crippen molar-refractivity contribution >= 4 is 29.9 Å². The lowest BCUT2D eigenvalue weighted by Gasteiger charge is -2.18. The zero-order chi connectivity index (χ0) is 15.0. The van der Waals surface area contributed by atoms with Gasteiger partial charge in [0.2, 0.25) is 0 Å². The van der Waals surface area contributed by atoms with Crippen molar-refractivity contribution in [1.82, 2.24) is 10.6 Å². The van der Waals surface area contributed by atoms with Gasteiger partial charge in [-0.25, -0.2) is 0 Å². The lowest BCUT2D eigenvalue weighted by atomic mass is 9.96. The van der Waals surface area contributed by atoms with Gasteiger partial charge in [-0.15, -0.1) is 24.0 Å². The zero-order valence-electron chi connectivity index (χ0n) is 13.6. The van der Waals surface area contributed by atoms with E-state index < -0.39 is 0 Å². The Bertz CT molecular complexity index is 446. The van der Waals surface area contributed by atoms with Crippen LogP contribution >= 0.6 is 24.0 Å². The number of aliphatic imine (C=N–C) groups is 1. The smallest absolute Gasteiger partial charge is 0.190 e. The molecule has 0 heterocycles. The van der Waals surface area contributed by atoms with Crippen molar-refractivity contribution in [2.75, 3.05) is 33.9 Å². The molecular formula is C17H28IN3O.